The Morgan fingerprint density at radius 2 is 1.60 bits per heavy atom. The summed E-state index contributed by atoms with van der Waals surface area (Å²) in [7, 11) is 0. The van der Waals surface area contributed by atoms with Crippen molar-refractivity contribution in [1.82, 2.24) is 5.23 Å². The highest BCUT2D eigenvalue weighted by atomic mass is 17.0. The third-order valence-electron chi connectivity index (χ3n) is 7.43. The first-order valence-electron chi connectivity index (χ1n) is 9.96. The van der Waals surface area contributed by atoms with E-state index in [2.05, 4.69) is 0 Å². The quantitative estimate of drug-likeness (QED) is 0.383. The molecule has 3 fully saturated rings. The second kappa shape index (κ2) is 6.15. The Morgan fingerprint density at radius 1 is 0.967 bits per heavy atom. The van der Waals surface area contributed by atoms with Crippen LogP contribution in [-0.2, 0) is 16.1 Å². The lowest BCUT2D eigenvalue weighted by molar-refractivity contribution is -0.858. The van der Waals surface area contributed by atoms with Gasteiger partial charge in [-0.1, -0.05) is 24.3 Å². The molecule has 2 atom stereocenters. The highest BCUT2D eigenvalue weighted by molar-refractivity contribution is 5.39. The van der Waals surface area contributed by atoms with Gasteiger partial charge in [-0.25, -0.2) is 4.84 Å². The standard InChI is InChI=1S/C18H20N4O8/c23-19(24)16(7-3-8-16)17(9-4-10-17)30-22-18(20(25)26,21(27)28)15-13-6-2-1-5-12(13)11-14(15)29-22/h1-2,5-6,14-15H,3-4,7-11H2. The summed E-state index contributed by atoms with van der Waals surface area (Å²) in [5, 5.41) is 36.7. The van der Waals surface area contributed by atoms with Crippen molar-refractivity contribution in [3.05, 3.63) is 65.7 Å². The molecule has 0 aromatic heterocycles. The van der Waals surface area contributed by atoms with Crippen molar-refractivity contribution in [3.63, 3.8) is 0 Å². The largest absolute Gasteiger partial charge is 0.575 e. The monoisotopic (exact) mass is 420 g/mol. The van der Waals surface area contributed by atoms with E-state index in [-0.39, 0.29) is 24.2 Å². The van der Waals surface area contributed by atoms with E-state index in [4.69, 9.17) is 9.68 Å². The topological polar surface area (TPSA) is 151 Å². The number of rotatable bonds is 6. The Kier molecular flexibility index (Phi) is 3.95. The normalized spacial score (nSPS) is 29.9. The van der Waals surface area contributed by atoms with Gasteiger partial charge in [-0.05, 0) is 36.8 Å². The summed E-state index contributed by atoms with van der Waals surface area (Å²) >= 11 is 0. The van der Waals surface area contributed by atoms with Crippen LogP contribution >= 0.6 is 0 Å². The van der Waals surface area contributed by atoms with Crippen molar-refractivity contribution in [2.24, 2.45) is 0 Å². The molecule has 4 aliphatic rings. The molecule has 0 bridgehead atoms. The summed E-state index contributed by atoms with van der Waals surface area (Å²) in [4.78, 5) is 45.5. The van der Waals surface area contributed by atoms with Crippen LogP contribution in [0.3, 0.4) is 0 Å². The second-order valence-corrected chi connectivity index (χ2v) is 8.56. The summed E-state index contributed by atoms with van der Waals surface area (Å²) in [5.74, 6) is -4.11. The van der Waals surface area contributed by atoms with Gasteiger partial charge in [0, 0.05) is 24.2 Å². The van der Waals surface area contributed by atoms with Gasteiger partial charge in [-0.15, -0.1) is 0 Å². The average molecular weight is 420 g/mol. The first-order valence-corrected chi connectivity index (χ1v) is 9.96. The van der Waals surface area contributed by atoms with Gasteiger partial charge < -0.3 is 0 Å². The van der Waals surface area contributed by atoms with Crippen LogP contribution in [0.2, 0.25) is 0 Å². The molecule has 2 saturated carbocycles. The molecule has 1 aliphatic heterocycles. The molecule has 3 aliphatic carbocycles. The van der Waals surface area contributed by atoms with Crippen molar-refractivity contribution < 1.29 is 24.4 Å². The zero-order valence-electron chi connectivity index (χ0n) is 16.0. The fourth-order valence-corrected chi connectivity index (χ4v) is 5.56. The number of hydrogen-bond acceptors (Lipinski definition) is 9. The minimum Gasteiger partial charge on any atom is -0.264 e. The molecule has 0 N–H and O–H groups in total. The number of nitro groups is 3. The van der Waals surface area contributed by atoms with Crippen molar-refractivity contribution in [2.45, 2.75) is 73.9 Å². The van der Waals surface area contributed by atoms with Crippen LogP contribution in [0.25, 0.3) is 0 Å². The van der Waals surface area contributed by atoms with Gasteiger partial charge in [0.15, 0.2) is 11.5 Å². The second-order valence-electron chi connectivity index (χ2n) is 8.56. The van der Waals surface area contributed by atoms with E-state index >= 15 is 0 Å². The molecule has 1 aromatic carbocycles. The zero-order valence-corrected chi connectivity index (χ0v) is 16.0. The Bertz CT molecular complexity index is 930. The molecular formula is C18H20N4O8. The predicted molar refractivity (Wildman–Crippen MR) is 97.6 cm³/mol. The molecule has 160 valence electrons. The molecule has 1 saturated heterocycles. The van der Waals surface area contributed by atoms with E-state index in [1.807, 2.05) is 0 Å². The maximum absolute atomic E-state index is 12.2. The van der Waals surface area contributed by atoms with E-state index in [1.54, 1.807) is 24.3 Å². The Morgan fingerprint density at radius 3 is 2.10 bits per heavy atom. The van der Waals surface area contributed by atoms with Crippen LogP contribution in [-0.4, -0.2) is 43.0 Å². The van der Waals surface area contributed by atoms with Crippen molar-refractivity contribution >= 4 is 0 Å². The van der Waals surface area contributed by atoms with Gasteiger partial charge in [0.1, 0.15) is 16.0 Å². The van der Waals surface area contributed by atoms with Crippen molar-refractivity contribution in [2.75, 3.05) is 0 Å². The molecule has 1 aromatic rings. The molecule has 2 unspecified atom stereocenters. The molecule has 0 radical (unpaired) electrons. The highest BCUT2D eigenvalue weighted by Gasteiger charge is 2.82. The lowest BCUT2D eigenvalue weighted by Crippen LogP contribution is -2.71. The molecule has 1 heterocycles. The van der Waals surface area contributed by atoms with Crippen molar-refractivity contribution in [3.8, 4) is 0 Å². The number of benzene rings is 1. The Labute approximate surface area is 170 Å². The zero-order chi connectivity index (χ0) is 21.3. The van der Waals surface area contributed by atoms with Crippen LogP contribution in [0.4, 0.5) is 0 Å². The van der Waals surface area contributed by atoms with Gasteiger partial charge in [-0.2, -0.15) is 0 Å². The molecule has 5 rings (SSSR count). The van der Waals surface area contributed by atoms with Crippen LogP contribution in [0.5, 0.6) is 0 Å². The van der Waals surface area contributed by atoms with E-state index in [0.717, 1.165) is 5.56 Å². The van der Waals surface area contributed by atoms with Crippen LogP contribution in [0.15, 0.2) is 24.3 Å². The van der Waals surface area contributed by atoms with Gasteiger partial charge in [-0.3, -0.25) is 35.2 Å². The average Bonchev–Trinajstić information content (AvgIpc) is 3.11. The van der Waals surface area contributed by atoms with Crippen LogP contribution < -0.4 is 0 Å². The minimum atomic E-state index is -2.92. The van der Waals surface area contributed by atoms with E-state index in [0.29, 0.717) is 36.5 Å². The smallest absolute Gasteiger partial charge is 0.264 e. The summed E-state index contributed by atoms with van der Waals surface area (Å²) in [5.41, 5.74) is -1.52. The van der Waals surface area contributed by atoms with Crippen molar-refractivity contribution in [1.29, 1.82) is 0 Å². The van der Waals surface area contributed by atoms with Crippen LogP contribution in [0.1, 0.15) is 55.6 Å². The van der Waals surface area contributed by atoms with Gasteiger partial charge >= 0.3 is 5.79 Å². The van der Waals surface area contributed by atoms with E-state index in [1.165, 1.54) is 0 Å². The Hall–Kier alpha value is -2.70. The van der Waals surface area contributed by atoms with Gasteiger partial charge in [0.05, 0.1) is 5.23 Å². The molecule has 0 spiro atoms. The number of hydroxylamine groups is 2. The fourth-order valence-electron chi connectivity index (χ4n) is 5.56. The molecule has 12 heteroatoms. The number of nitrogens with zero attached hydrogens (tertiary/aromatic N) is 4. The molecule has 0 amide bonds. The molecule has 12 nitrogen and oxygen atoms in total. The summed E-state index contributed by atoms with van der Waals surface area (Å²) in [6, 6.07) is 6.81. The SMILES string of the molecule is O=[N+]([O-])C1([N+](=O)[O-])C2c3ccccc3CC2ON1OC1(C2([N+](=O)[O-])CCC2)CCC1. The fraction of sp³-hybridized carbons (Fsp3) is 0.667. The minimum absolute atomic E-state index is 0.261. The van der Waals surface area contributed by atoms with Gasteiger partial charge in [0.25, 0.3) is 5.54 Å². The first kappa shape index (κ1) is 19.3. The first-order chi connectivity index (χ1) is 14.3. The summed E-state index contributed by atoms with van der Waals surface area (Å²) in [6.07, 6.45) is 1.82. The summed E-state index contributed by atoms with van der Waals surface area (Å²) < 4.78 is 0. The van der Waals surface area contributed by atoms with Gasteiger partial charge in [0.2, 0.25) is 0 Å². The third kappa shape index (κ3) is 2.10. The molecular weight excluding hydrogens is 400 g/mol. The molecule has 30 heavy (non-hydrogen) atoms. The number of fused-ring (bicyclic) bond motifs is 3. The predicted octanol–water partition coefficient (Wildman–Crippen LogP) is 2.20. The number of hydrogen-bond donors (Lipinski definition) is 0. The van der Waals surface area contributed by atoms with E-state index in [9.17, 15) is 30.3 Å². The highest BCUT2D eigenvalue weighted by Crippen LogP contribution is 2.58. The van der Waals surface area contributed by atoms with E-state index < -0.39 is 38.8 Å². The maximum atomic E-state index is 12.2. The Balaban J connectivity index is 1.58. The van der Waals surface area contributed by atoms with Crippen LogP contribution in [0, 0.1) is 30.3 Å². The third-order valence-corrected chi connectivity index (χ3v) is 7.43. The lowest BCUT2D eigenvalue weighted by Gasteiger charge is -2.53. The lowest BCUT2D eigenvalue weighted by atomic mass is 9.57. The maximum Gasteiger partial charge on any atom is 0.575 e. The summed E-state index contributed by atoms with van der Waals surface area (Å²) in [6.45, 7) is 0.